The summed E-state index contributed by atoms with van der Waals surface area (Å²) < 4.78 is 12.9. The Balaban J connectivity index is 1.94. The molecule has 9 nitrogen and oxygen atoms in total. The molecule has 0 bridgehead atoms. The molecule has 0 aliphatic carbocycles. The smallest absolute Gasteiger partial charge is 0.240 e. The molecule has 1 unspecified atom stereocenters. The van der Waals surface area contributed by atoms with E-state index < -0.39 is 0 Å². The summed E-state index contributed by atoms with van der Waals surface area (Å²) in [5, 5.41) is 8.33. The summed E-state index contributed by atoms with van der Waals surface area (Å²) in [7, 11) is 7.09. The molecule has 4 rings (SSSR count). The molecule has 41 heavy (non-hydrogen) atoms. The average molecular weight is 600 g/mol. The van der Waals surface area contributed by atoms with Gasteiger partial charge in [-0.15, -0.1) is 11.8 Å². The minimum atomic E-state index is -0.379. The zero-order valence-corrected chi connectivity index (χ0v) is 26.2. The first-order valence-electron chi connectivity index (χ1n) is 13.4. The Morgan fingerprint density at radius 3 is 2.51 bits per heavy atom. The van der Waals surface area contributed by atoms with Gasteiger partial charge in [0.1, 0.15) is 12.4 Å². The first kappa shape index (κ1) is 30.7. The maximum Gasteiger partial charge on any atom is 0.240 e. The van der Waals surface area contributed by atoms with Crippen LogP contribution in [0.3, 0.4) is 0 Å². The van der Waals surface area contributed by atoms with Crippen LogP contribution >= 0.6 is 23.4 Å². The van der Waals surface area contributed by atoms with E-state index in [-0.39, 0.29) is 34.8 Å². The van der Waals surface area contributed by atoms with Crippen LogP contribution in [0.1, 0.15) is 42.8 Å². The Morgan fingerprint density at radius 1 is 1.15 bits per heavy atom. The van der Waals surface area contributed by atoms with Gasteiger partial charge < -0.3 is 19.7 Å². The number of nitrogens with zero attached hydrogens (tertiary/aromatic N) is 4. The van der Waals surface area contributed by atoms with Crippen LogP contribution in [0.5, 0.6) is 11.5 Å². The molecule has 1 aliphatic heterocycles. The summed E-state index contributed by atoms with van der Waals surface area (Å²) in [5.41, 5.74) is 2.97. The third-order valence-electron chi connectivity index (χ3n) is 6.75. The number of aromatic nitrogens is 2. The van der Waals surface area contributed by atoms with Crippen LogP contribution in [0.4, 0.5) is 5.82 Å². The Hall–Kier alpha value is -3.21. The van der Waals surface area contributed by atoms with Gasteiger partial charge in [0.05, 0.1) is 36.6 Å². The molecule has 1 aromatic heterocycles. The molecule has 0 fully saturated rings. The number of likely N-dealkylation sites (N-methyl/N-ethyl adjacent to an activating group) is 1. The highest BCUT2D eigenvalue weighted by molar-refractivity contribution is 8.00. The SMILES string of the molecule is COc1ccc(C2SCC(=O)N(CC(=O)NCCN(C)C)c3c2c(C(C)(C)C)nn3-c2cccc(Cl)c2)cc1OC. The maximum absolute atomic E-state index is 13.8. The van der Waals surface area contributed by atoms with Gasteiger partial charge in [0.15, 0.2) is 11.5 Å². The summed E-state index contributed by atoms with van der Waals surface area (Å²) in [6.45, 7) is 7.33. The summed E-state index contributed by atoms with van der Waals surface area (Å²) in [5.74, 6) is 1.54. The number of methoxy groups -OCH3 is 2. The molecular formula is C30H38ClN5O4S. The largest absolute Gasteiger partial charge is 0.493 e. The standard InChI is InChI=1S/C30H38ClN5O4S/c1-30(2,3)28-26-27(19-11-12-22(39-6)23(15-19)40-7)41-18-25(38)35(17-24(37)32-13-14-34(4)5)29(26)36(33-28)21-10-8-9-20(31)16-21/h8-12,15-16,27H,13-14,17-18H2,1-7H3,(H,32,37). The normalized spacial score (nSPS) is 15.5. The number of rotatable bonds is 9. The lowest BCUT2D eigenvalue weighted by Gasteiger charge is -2.25. The molecule has 2 aromatic carbocycles. The van der Waals surface area contributed by atoms with Crippen LogP contribution in [-0.2, 0) is 15.0 Å². The number of halogens is 1. The van der Waals surface area contributed by atoms with Crippen molar-refractivity contribution in [2.24, 2.45) is 0 Å². The zero-order chi connectivity index (χ0) is 29.9. The van der Waals surface area contributed by atoms with Crippen molar-refractivity contribution < 1.29 is 19.1 Å². The Kier molecular flexibility index (Phi) is 9.56. The first-order valence-corrected chi connectivity index (χ1v) is 14.8. The van der Waals surface area contributed by atoms with E-state index in [0.29, 0.717) is 41.1 Å². The van der Waals surface area contributed by atoms with Gasteiger partial charge in [-0.2, -0.15) is 5.10 Å². The maximum atomic E-state index is 13.8. The van der Waals surface area contributed by atoms with Gasteiger partial charge in [-0.25, -0.2) is 4.68 Å². The minimum absolute atomic E-state index is 0.131. The highest BCUT2D eigenvalue weighted by Gasteiger charge is 2.40. The molecule has 0 spiro atoms. The fourth-order valence-corrected chi connectivity index (χ4v) is 6.13. The summed E-state index contributed by atoms with van der Waals surface area (Å²) in [6.07, 6.45) is 0. The number of nitrogens with one attached hydrogen (secondary N) is 1. The first-order chi connectivity index (χ1) is 19.4. The summed E-state index contributed by atoms with van der Waals surface area (Å²) in [4.78, 5) is 30.5. The fourth-order valence-electron chi connectivity index (χ4n) is 4.76. The van der Waals surface area contributed by atoms with Crippen LogP contribution in [0.25, 0.3) is 5.69 Å². The van der Waals surface area contributed by atoms with E-state index >= 15 is 0 Å². The van der Waals surface area contributed by atoms with Crippen molar-refractivity contribution in [1.29, 1.82) is 0 Å². The van der Waals surface area contributed by atoms with E-state index in [1.54, 1.807) is 29.9 Å². The quantitative estimate of drug-likeness (QED) is 0.382. The lowest BCUT2D eigenvalue weighted by Crippen LogP contribution is -2.43. The average Bonchev–Trinajstić information content (AvgIpc) is 3.26. The molecule has 2 amide bonds. The number of fused-ring (bicyclic) bond motifs is 1. The molecule has 3 aromatic rings. The lowest BCUT2D eigenvalue weighted by atomic mass is 9.87. The molecule has 0 radical (unpaired) electrons. The fraction of sp³-hybridized carbons (Fsp3) is 0.433. The van der Waals surface area contributed by atoms with Crippen molar-refractivity contribution >= 4 is 41.0 Å². The Labute approximate surface area is 251 Å². The van der Waals surface area contributed by atoms with Crippen molar-refractivity contribution in [1.82, 2.24) is 20.0 Å². The van der Waals surface area contributed by atoms with E-state index in [4.69, 9.17) is 26.2 Å². The number of hydrogen-bond acceptors (Lipinski definition) is 7. The molecule has 0 saturated carbocycles. The number of amides is 2. The molecule has 0 saturated heterocycles. The number of benzene rings is 2. The van der Waals surface area contributed by atoms with Crippen LogP contribution in [-0.4, -0.2) is 80.2 Å². The second-order valence-corrected chi connectivity index (χ2v) is 12.7. The molecule has 2 heterocycles. The highest BCUT2D eigenvalue weighted by Crippen LogP contribution is 2.49. The number of carbonyl (C=O) groups is 2. The summed E-state index contributed by atoms with van der Waals surface area (Å²) >= 11 is 7.92. The van der Waals surface area contributed by atoms with Gasteiger partial charge in [0.25, 0.3) is 0 Å². The van der Waals surface area contributed by atoms with Gasteiger partial charge >= 0.3 is 0 Å². The second-order valence-electron chi connectivity index (χ2n) is 11.2. The third-order valence-corrected chi connectivity index (χ3v) is 8.24. The Morgan fingerprint density at radius 2 is 1.88 bits per heavy atom. The molecule has 11 heteroatoms. The van der Waals surface area contributed by atoms with E-state index in [1.165, 1.54) is 11.8 Å². The number of hydrogen-bond donors (Lipinski definition) is 1. The van der Waals surface area contributed by atoms with Gasteiger partial charge in [0.2, 0.25) is 11.8 Å². The molecule has 1 aliphatic rings. The molecule has 1 N–H and O–H groups in total. The minimum Gasteiger partial charge on any atom is -0.493 e. The number of carbonyl (C=O) groups excluding carboxylic acids is 2. The predicted octanol–water partition coefficient (Wildman–Crippen LogP) is 4.69. The van der Waals surface area contributed by atoms with Gasteiger partial charge in [-0.05, 0) is 50.0 Å². The van der Waals surface area contributed by atoms with Crippen LogP contribution in [0.15, 0.2) is 42.5 Å². The Bertz CT molecular complexity index is 1420. The lowest BCUT2D eigenvalue weighted by molar-refractivity contribution is -0.122. The van der Waals surface area contributed by atoms with Crippen molar-refractivity contribution in [3.8, 4) is 17.2 Å². The van der Waals surface area contributed by atoms with Crippen molar-refractivity contribution in [3.05, 3.63) is 64.3 Å². The summed E-state index contributed by atoms with van der Waals surface area (Å²) in [6, 6.07) is 13.1. The predicted molar refractivity (Wildman–Crippen MR) is 165 cm³/mol. The van der Waals surface area contributed by atoms with Crippen molar-refractivity contribution in [2.45, 2.75) is 31.4 Å². The topological polar surface area (TPSA) is 88.9 Å². The number of thioether (sulfide) groups is 1. The third kappa shape index (κ3) is 6.82. The van der Waals surface area contributed by atoms with Gasteiger partial charge in [0, 0.05) is 29.1 Å². The molecular weight excluding hydrogens is 562 g/mol. The van der Waals surface area contributed by atoms with Crippen molar-refractivity contribution in [3.63, 3.8) is 0 Å². The second kappa shape index (κ2) is 12.8. The van der Waals surface area contributed by atoms with E-state index in [2.05, 4.69) is 26.1 Å². The zero-order valence-electron chi connectivity index (χ0n) is 24.7. The monoisotopic (exact) mass is 599 g/mol. The van der Waals surface area contributed by atoms with E-state index in [1.807, 2.05) is 55.4 Å². The van der Waals surface area contributed by atoms with E-state index in [0.717, 1.165) is 16.8 Å². The number of ether oxygens (including phenoxy) is 2. The van der Waals surface area contributed by atoms with Crippen LogP contribution < -0.4 is 19.7 Å². The van der Waals surface area contributed by atoms with Crippen LogP contribution in [0, 0.1) is 0 Å². The van der Waals surface area contributed by atoms with Crippen LogP contribution in [0.2, 0.25) is 5.02 Å². The molecule has 220 valence electrons. The highest BCUT2D eigenvalue weighted by atomic mass is 35.5. The van der Waals surface area contributed by atoms with Crippen molar-refractivity contribution in [2.75, 3.05) is 58.6 Å². The number of anilines is 1. The van der Waals surface area contributed by atoms with Gasteiger partial charge in [-0.3, -0.25) is 14.5 Å². The van der Waals surface area contributed by atoms with Gasteiger partial charge in [-0.1, -0.05) is 44.5 Å². The molecule has 1 atom stereocenters. The van der Waals surface area contributed by atoms with E-state index in [9.17, 15) is 9.59 Å².